The number of piperazine rings is 1. The summed E-state index contributed by atoms with van der Waals surface area (Å²) in [4.78, 5) is 34.5. The van der Waals surface area contributed by atoms with Crippen LogP contribution in [-0.2, 0) is 16.0 Å². The van der Waals surface area contributed by atoms with Gasteiger partial charge in [0.15, 0.2) is 11.5 Å². The van der Waals surface area contributed by atoms with Crippen molar-refractivity contribution in [3.8, 4) is 11.5 Å². The van der Waals surface area contributed by atoms with E-state index in [1.807, 2.05) is 80.1 Å². The van der Waals surface area contributed by atoms with Crippen molar-refractivity contribution in [2.75, 3.05) is 57.2 Å². The highest BCUT2D eigenvalue weighted by Crippen LogP contribution is 2.44. The molecular formula is C39H51ClN4O4. The maximum atomic E-state index is 13.9. The third-order valence-corrected chi connectivity index (χ3v) is 10.3. The number of hydrogen-bond acceptors (Lipinski definition) is 6. The molecule has 2 aliphatic heterocycles. The molecule has 0 bridgehead atoms. The largest absolute Gasteiger partial charge is 0.493 e. The van der Waals surface area contributed by atoms with E-state index < -0.39 is 6.04 Å². The number of ether oxygens (including phenoxy) is 2. The number of halogens is 1. The van der Waals surface area contributed by atoms with E-state index >= 15 is 0 Å². The zero-order valence-electron chi connectivity index (χ0n) is 29.4. The highest BCUT2D eigenvalue weighted by molar-refractivity contribution is 6.31. The lowest BCUT2D eigenvalue weighted by molar-refractivity contribution is -0.135. The van der Waals surface area contributed by atoms with E-state index in [0.29, 0.717) is 35.0 Å². The summed E-state index contributed by atoms with van der Waals surface area (Å²) < 4.78 is 11.8. The van der Waals surface area contributed by atoms with E-state index in [2.05, 4.69) is 35.6 Å². The van der Waals surface area contributed by atoms with Crippen LogP contribution in [0.5, 0.6) is 11.5 Å². The molecule has 2 fully saturated rings. The third-order valence-electron chi connectivity index (χ3n) is 9.96. The van der Waals surface area contributed by atoms with Gasteiger partial charge in [-0.05, 0) is 112 Å². The molecule has 1 atom stereocenters. The monoisotopic (exact) mass is 674 g/mol. The molecule has 2 heterocycles. The standard InChI is InChI=1S/C39H51ClN4O4/c1-8-30(40)12-9-27(4)39-34-23-36(48-26(2)3)35(47-7)21-29(34)22-37(45)44(39)33-17-15-31(16-18-33)42(6)24-28-10-13-32(14-11-28)43-20-19-41(5)38(46)25-43/h8-9,12,15-18,21,23,26,28,32,39H,4,10-11,13-14,19-20,22,24-25H2,1-3,5-7H3/b12-9-,30-8+/t28?,32?,39-/m1/s1. The van der Waals surface area contributed by atoms with Crippen LogP contribution in [0.1, 0.15) is 63.6 Å². The summed E-state index contributed by atoms with van der Waals surface area (Å²) >= 11 is 6.32. The van der Waals surface area contributed by atoms with E-state index in [-0.39, 0.29) is 24.3 Å². The van der Waals surface area contributed by atoms with Gasteiger partial charge in [-0.2, -0.15) is 0 Å². The van der Waals surface area contributed by atoms with Crippen molar-refractivity contribution in [2.24, 2.45) is 5.92 Å². The van der Waals surface area contributed by atoms with Gasteiger partial charge in [0.25, 0.3) is 0 Å². The molecule has 48 heavy (non-hydrogen) atoms. The smallest absolute Gasteiger partial charge is 0.236 e. The fourth-order valence-corrected chi connectivity index (χ4v) is 7.30. The molecule has 8 nitrogen and oxygen atoms in total. The zero-order valence-corrected chi connectivity index (χ0v) is 30.1. The Balaban J connectivity index is 1.33. The van der Waals surface area contributed by atoms with Crippen molar-refractivity contribution in [3.05, 3.63) is 82.9 Å². The molecule has 2 aromatic rings. The molecule has 3 aliphatic rings. The first-order valence-corrected chi connectivity index (χ1v) is 17.5. The van der Waals surface area contributed by atoms with Crippen LogP contribution in [-0.4, -0.2) is 81.1 Å². The molecule has 1 saturated heterocycles. The molecule has 0 spiro atoms. The van der Waals surface area contributed by atoms with Gasteiger partial charge in [-0.3, -0.25) is 14.5 Å². The topological polar surface area (TPSA) is 65.6 Å². The number of fused-ring (bicyclic) bond motifs is 1. The van der Waals surface area contributed by atoms with E-state index in [9.17, 15) is 9.59 Å². The summed E-state index contributed by atoms with van der Waals surface area (Å²) in [6.45, 7) is 13.6. The van der Waals surface area contributed by atoms with Crippen molar-refractivity contribution >= 4 is 34.8 Å². The van der Waals surface area contributed by atoms with E-state index in [1.165, 1.54) is 0 Å². The van der Waals surface area contributed by atoms with Gasteiger partial charge in [-0.1, -0.05) is 30.3 Å². The average molecular weight is 675 g/mol. The molecule has 1 aliphatic carbocycles. The number of carbonyl (C=O) groups excluding carboxylic acids is 2. The minimum atomic E-state index is -0.450. The lowest BCUT2D eigenvalue weighted by atomic mass is 9.84. The maximum absolute atomic E-state index is 13.9. The molecule has 2 amide bonds. The van der Waals surface area contributed by atoms with Crippen LogP contribution in [0.25, 0.3) is 0 Å². The zero-order chi connectivity index (χ0) is 34.5. The first-order chi connectivity index (χ1) is 23.0. The quantitative estimate of drug-likeness (QED) is 0.236. The molecule has 5 rings (SSSR count). The van der Waals surface area contributed by atoms with Crippen LogP contribution < -0.4 is 19.3 Å². The first kappa shape index (κ1) is 35.6. The Hall–Kier alpha value is -3.75. The van der Waals surface area contributed by atoms with Gasteiger partial charge < -0.3 is 24.2 Å². The molecule has 0 unspecified atom stereocenters. The average Bonchev–Trinajstić information content (AvgIpc) is 3.07. The van der Waals surface area contributed by atoms with Gasteiger partial charge >= 0.3 is 0 Å². The number of hydrogen-bond donors (Lipinski definition) is 0. The Morgan fingerprint density at radius 1 is 1.04 bits per heavy atom. The fraction of sp³-hybridized carbons (Fsp3) is 0.487. The predicted molar refractivity (Wildman–Crippen MR) is 195 cm³/mol. The highest BCUT2D eigenvalue weighted by Gasteiger charge is 2.36. The summed E-state index contributed by atoms with van der Waals surface area (Å²) in [7, 11) is 5.66. The second-order valence-corrected chi connectivity index (χ2v) is 14.1. The van der Waals surface area contributed by atoms with Crippen LogP contribution in [0, 0.1) is 5.92 Å². The van der Waals surface area contributed by atoms with Crippen molar-refractivity contribution < 1.29 is 19.1 Å². The molecule has 258 valence electrons. The molecule has 1 saturated carbocycles. The van der Waals surface area contributed by atoms with E-state index in [1.54, 1.807) is 7.11 Å². The molecule has 0 radical (unpaired) electrons. The Bertz CT molecular complexity index is 1540. The summed E-state index contributed by atoms with van der Waals surface area (Å²) in [5.74, 6) is 2.07. The normalized spacial score (nSPS) is 22.3. The Kier molecular flexibility index (Phi) is 11.6. The second-order valence-electron chi connectivity index (χ2n) is 13.7. The SMILES string of the molecule is C=C(/C=C\C(Cl)=C/C)[C@@H]1c2cc(OC(C)C)c(OC)cc2CC(=O)N1c1ccc(N(C)CC2CCC(N3CCN(C)C(=O)C3)CC2)cc1. The van der Waals surface area contributed by atoms with Crippen molar-refractivity contribution in [1.82, 2.24) is 9.80 Å². The van der Waals surface area contributed by atoms with E-state index in [0.717, 1.165) is 73.4 Å². The second kappa shape index (κ2) is 15.6. The van der Waals surface area contributed by atoms with Crippen molar-refractivity contribution in [3.63, 3.8) is 0 Å². The summed E-state index contributed by atoms with van der Waals surface area (Å²) in [6, 6.07) is 12.3. The number of rotatable bonds is 11. The van der Waals surface area contributed by atoms with Gasteiger partial charge in [0.05, 0.1) is 32.2 Å². The van der Waals surface area contributed by atoms with Gasteiger partial charge in [0, 0.05) is 56.2 Å². The summed E-state index contributed by atoms with van der Waals surface area (Å²) in [6.07, 6.45) is 10.3. The van der Waals surface area contributed by atoms with Crippen LogP contribution in [0.4, 0.5) is 11.4 Å². The molecule has 0 N–H and O–H groups in total. The molecule has 9 heteroatoms. The third kappa shape index (κ3) is 8.09. The Morgan fingerprint density at radius 3 is 2.38 bits per heavy atom. The van der Waals surface area contributed by atoms with Crippen molar-refractivity contribution in [1.29, 1.82) is 0 Å². The minimum Gasteiger partial charge on any atom is -0.493 e. The van der Waals surface area contributed by atoms with Gasteiger partial charge in [0.2, 0.25) is 11.8 Å². The van der Waals surface area contributed by atoms with Crippen molar-refractivity contribution in [2.45, 2.75) is 71.1 Å². The predicted octanol–water partition coefficient (Wildman–Crippen LogP) is 7.14. The highest BCUT2D eigenvalue weighted by atomic mass is 35.5. The molecule has 0 aromatic heterocycles. The van der Waals surface area contributed by atoms with Crippen LogP contribution in [0.15, 0.2) is 71.8 Å². The lowest BCUT2D eigenvalue weighted by Crippen LogP contribution is -2.53. The molecular weight excluding hydrogens is 624 g/mol. The summed E-state index contributed by atoms with van der Waals surface area (Å²) in [5.41, 5.74) is 4.51. The Labute approximate surface area is 291 Å². The first-order valence-electron chi connectivity index (χ1n) is 17.2. The number of benzene rings is 2. The van der Waals surface area contributed by atoms with Crippen LogP contribution >= 0.6 is 11.6 Å². The number of amides is 2. The molecule has 2 aromatic carbocycles. The number of allylic oxidation sites excluding steroid dienone is 3. The Morgan fingerprint density at radius 2 is 1.75 bits per heavy atom. The van der Waals surface area contributed by atoms with Gasteiger partial charge in [-0.15, -0.1) is 0 Å². The summed E-state index contributed by atoms with van der Waals surface area (Å²) in [5, 5.41) is 0.596. The van der Waals surface area contributed by atoms with Gasteiger partial charge in [-0.25, -0.2) is 0 Å². The minimum absolute atomic E-state index is 0.0151. The number of anilines is 2. The fourth-order valence-electron chi connectivity index (χ4n) is 7.24. The number of likely N-dealkylation sites (N-methyl/N-ethyl adjacent to an activating group) is 1. The number of methoxy groups -OCH3 is 1. The lowest BCUT2D eigenvalue weighted by Gasteiger charge is -2.41. The number of carbonyl (C=O) groups is 2. The maximum Gasteiger partial charge on any atom is 0.236 e. The van der Waals surface area contributed by atoms with Gasteiger partial charge in [0.1, 0.15) is 0 Å². The number of nitrogens with zero attached hydrogens (tertiary/aromatic N) is 4. The van der Waals surface area contributed by atoms with Crippen LogP contribution in [0.2, 0.25) is 0 Å². The van der Waals surface area contributed by atoms with Crippen LogP contribution in [0.3, 0.4) is 0 Å². The van der Waals surface area contributed by atoms with E-state index in [4.69, 9.17) is 21.1 Å².